The van der Waals surface area contributed by atoms with E-state index in [0.717, 1.165) is 4.88 Å². The summed E-state index contributed by atoms with van der Waals surface area (Å²) < 4.78 is 5.25. The van der Waals surface area contributed by atoms with E-state index in [-0.39, 0.29) is 30.1 Å². The minimum atomic E-state index is -0.719. The number of benzene rings is 1. The van der Waals surface area contributed by atoms with Crippen LogP contribution in [0.2, 0.25) is 10.0 Å². The maximum atomic E-state index is 12.6. The first kappa shape index (κ1) is 17.2. The van der Waals surface area contributed by atoms with Gasteiger partial charge in [0.15, 0.2) is 0 Å². The lowest BCUT2D eigenvalue weighted by atomic mass is 10.2. The molecule has 2 amide bonds. The summed E-state index contributed by atoms with van der Waals surface area (Å²) in [5, 5.41) is 5.27. The predicted molar refractivity (Wildman–Crippen MR) is 94.6 cm³/mol. The first-order valence-corrected chi connectivity index (χ1v) is 8.84. The van der Waals surface area contributed by atoms with Crippen molar-refractivity contribution >= 4 is 52.0 Å². The Balaban J connectivity index is 1.78. The summed E-state index contributed by atoms with van der Waals surface area (Å²) in [7, 11) is 0. The average molecular weight is 385 g/mol. The highest BCUT2D eigenvalue weighted by Crippen LogP contribution is 2.30. The van der Waals surface area contributed by atoms with Gasteiger partial charge < -0.3 is 15.0 Å². The fourth-order valence-electron chi connectivity index (χ4n) is 2.41. The second kappa shape index (κ2) is 7.53. The Morgan fingerprint density at radius 3 is 2.92 bits per heavy atom. The van der Waals surface area contributed by atoms with Crippen LogP contribution >= 0.6 is 34.5 Å². The van der Waals surface area contributed by atoms with Crippen LogP contribution in [0.15, 0.2) is 35.7 Å². The number of morpholine rings is 1. The molecule has 1 atom stereocenters. The van der Waals surface area contributed by atoms with E-state index in [1.54, 1.807) is 18.2 Å². The number of amides is 2. The summed E-state index contributed by atoms with van der Waals surface area (Å²) in [4.78, 5) is 27.4. The maximum absolute atomic E-state index is 12.6. The van der Waals surface area contributed by atoms with Crippen LogP contribution in [0.1, 0.15) is 4.88 Å². The fourth-order valence-corrected chi connectivity index (χ4v) is 3.46. The number of rotatable bonds is 4. The summed E-state index contributed by atoms with van der Waals surface area (Å²) in [5.74, 6) is -0.573. The molecule has 0 radical (unpaired) electrons. The van der Waals surface area contributed by atoms with Crippen LogP contribution in [0, 0.1) is 0 Å². The molecular weight excluding hydrogens is 371 g/mol. The molecule has 5 nitrogen and oxygen atoms in total. The number of nitrogens with zero attached hydrogens (tertiary/aromatic N) is 1. The third-order valence-electron chi connectivity index (χ3n) is 3.62. The molecule has 0 spiro atoms. The molecule has 3 rings (SSSR count). The van der Waals surface area contributed by atoms with Crippen molar-refractivity contribution in [1.29, 1.82) is 0 Å². The van der Waals surface area contributed by atoms with E-state index >= 15 is 0 Å². The SMILES string of the molecule is O=C(Nc1cccc(Cl)c1Cl)[C@H]1COCC(=O)N1Cc1cccs1. The molecule has 1 saturated heterocycles. The second-order valence-electron chi connectivity index (χ2n) is 5.22. The summed E-state index contributed by atoms with van der Waals surface area (Å²) in [5.41, 5.74) is 0.406. The van der Waals surface area contributed by atoms with Crippen molar-refractivity contribution in [3.8, 4) is 0 Å². The van der Waals surface area contributed by atoms with Crippen molar-refractivity contribution in [2.24, 2.45) is 0 Å². The van der Waals surface area contributed by atoms with Crippen LogP contribution in [0.4, 0.5) is 5.69 Å². The topological polar surface area (TPSA) is 58.6 Å². The van der Waals surface area contributed by atoms with Crippen LogP contribution in [0.25, 0.3) is 0 Å². The monoisotopic (exact) mass is 384 g/mol. The lowest BCUT2D eigenvalue weighted by Gasteiger charge is -2.34. The number of hydrogen-bond acceptors (Lipinski definition) is 4. The Kier molecular flexibility index (Phi) is 5.40. The normalized spacial score (nSPS) is 17.8. The molecule has 1 aliphatic heterocycles. The molecule has 1 aromatic carbocycles. The van der Waals surface area contributed by atoms with Crippen LogP contribution < -0.4 is 5.32 Å². The van der Waals surface area contributed by atoms with Gasteiger partial charge in [-0.05, 0) is 23.6 Å². The molecule has 126 valence electrons. The van der Waals surface area contributed by atoms with Crippen molar-refractivity contribution in [2.45, 2.75) is 12.6 Å². The number of thiophene rings is 1. The van der Waals surface area contributed by atoms with Gasteiger partial charge in [0, 0.05) is 4.88 Å². The Morgan fingerprint density at radius 2 is 2.17 bits per heavy atom. The first-order chi connectivity index (χ1) is 11.6. The van der Waals surface area contributed by atoms with Crippen molar-refractivity contribution in [1.82, 2.24) is 4.90 Å². The van der Waals surface area contributed by atoms with Crippen molar-refractivity contribution < 1.29 is 14.3 Å². The van der Waals surface area contributed by atoms with E-state index < -0.39 is 6.04 Å². The Labute approximate surface area is 153 Å². The molecule has 2 aromatic rings. The largest absolute Gasteiger partial charge is 0.369 e. The van der Waals surface area contributed by atoms with Gasteiger partial charge in [-0.25, -0.2) is 0 Å². The van der Waals surface area contributed by atoms with E-state index in [2.05, 4.69) is 5.32 Å². The minimum Gasteiger partial charge on any atom is -0.369 e. The van der Waals surface area contributed by atoms with Crippen LogP contribution in [-0.2, 0) is 20.9 Å². The Hall–Kier alpha value is -1.60. The standard InChI is InChI=1S/C16H14Cl2N2O3S/c17-11-4-1-5-12(15(11)18)19-16(22)13-8-23-9-14(21)20(13)7-10-3-2-6-24-10/h1-6,13H,7-9H2,(H,19,22)/t13-/m1/s1. The molecule has 0 bridgehead atoms. The van der Waals surface area contributed by atoms with Crippen molar-refractivity contribution in [2.75, 3.05) is 18.5 Å². The van der Waals surface area contributed by atoms with Gasteiger partial charge in [-0.3, -0.25) is 9.59 Å². The number of anilines is 1. The lowest BCUT2D eigenvalue weighted by molar-refractivity contribution is -0.153. The summed E-state index contributed by atoms with van der Waals surface area (Å²) in [6.07, 6.45) is 0. The maximum Gasteiger partial charge on any atom is 0.249 e. The molecule has 1 aromatic heterocycles. The van der Waals surface area contributed by atoms with Gasteiger partial charge in [-0.1, -0.05) is 35.3 Å². The third kappa shape index (κ3) is 3.72. The van der Waals surface area contributed by atoms with E-state index in [4.69, 9.17) is 27.9 Å². The number of carbonyl (C=O) groups is 2. The molecule has 2 heterocycles. The molecule has 1 aliphatic rings. The number of hydrogen-bond donors (Lipinski definition) is 1. The zero-order valence-electron chi connectivity index (χ0n) is 12.5. The summed E-state index contributed by atoms with van der Waals surface area (Å²) in [6.45, 7) is 0.495. The van der Waals surface area contributed by atoms with Crippen molar-refractivity contribution in [3.63, 3.8) is 0 Å². The number of carbonyl (C=O) groups excluding carboxylic acids is 2. The third-order valence-corrected chi connectivity index (χ3v) is 5.30. The Bertz CT molecular complexity index is 752. The average Bonchev–Trinajstić information content (AvgIpc) is 3.07. The molecule has 0 unspecified atom stereocenters. The van der Waals surface area contributed by atoms with Gasteiger partial charge in [-0.2, -0.15) is 0 Å². The fraction of sp³-hybridized carbons (Fsp3) is 0.250. The molecule has 0 aliphatic carbocycles. The van der Waals surface area contributed by atoms with Crippen LogP contribution in [-0.4, -0.2) is 36.0 Å². The van der Waals surface area contributed by atoms with E-state index in [1.165, 1.54) is 16.2 Å². The smallest absolute Gasteiger partial charge is 0.249 e. The molecule has 1 fully saturated rings. The number of nitrogens with one attached hydrogen (secondary N) is 1. The second-order valence-corrected chi connectivity index (χ2v) is 7.04. The zero-order chi connectivity index (χ0) is 17.1. The minimum absolute atomic E-state index is 0.0208. The van der Waals surface area contributed by atoms with Gasteiger partial charge in [0.25, 0.3) is 0 Å². The van der Waals surface area contributed by atoms with Gasteiger partial charge in [0.2, 0.25) is 11.8 Å². The summed E-state index contributed by atoms with van der Waals surface area (Å²) in [6, 6.07) is 8.10. The molecule has 8 heteroatoms. The van der Waals surface area contributed by atoms with E-state index in [0.29, 0.717) is 17.3 Å². The Morgan fingerprint density at radius 1 is 1.33 bits per heavy atom. The summed E-state index contributed by atoms with van der Waals surface area (Å²) >= 11 is 13.6. The van der Waals surface area contributed by atoms with Gasteiger partial charge in [-0.15, -0.1) is 11.3 Å². The van der Waals surface area contributed by atoms with Crippen LogP contribution in [0.5, 0.6) is 0 Å². The number of ether oxygens (including phenoxy) is 1. The van der Waals surface area contributed by atoms with Gasteiger partial charge in [0.05, 0.1) is 28.9 Å². The van der Waals surface area contributed by atoms with Crippen molar-refractivity contribution in [3.05, 3.63) is 50.6 Å². The highest BCUT2D eigenvalue weighted by molar-refractivity contribution is 7.09. The molecule has 1 N–H and O–H groups in total. The highest BCUT2D eigenvalue weighted by atomic mass is 35.5. The highest BCUT2D eigenvalue weighted by Gasteiger charge is 2.34. The zero-order valence-corrected chi connectivity index (χ0v) is 14.8. The van der Waals surface area contributed by atoms with E-state index in [9.17, 15) is 9.59 Å². The molecule has 24 heavy (non-hydrogen) atoms. The quantitative estimate of drug-likeness (QED) is 0.878. The lowest BCUT2D eigenvalue weighted by Crippen LogP contribution is -2.54. The molecule has 0 saturated carbocycles. The van der Waals surface area contributed by atoms with Crippen LogP contribution in [0.3, 0.4) is 0 Å². The predicted octanol–water partition coefficient (Wildman–Crippen LogP) is 3.42. The van der Waals surface area contributed by atoms with E-state index in [1.807, 2.05) is 17.5 Å². The first-order valence-electron chi connectivity index (χ1n) is 7.20. The van der Waals surface area contributed by atoms with Gasteiger partial charge >= 0.3 is 0 Å². The van der Waals surface area contributed by atoms with Gasteiger partial charge in [0.1, 0.15) is 12.6 Å². The molecular formula is C16H14Cl2N2O3S. The number of halogens is 2.